The normalized spacial score (nSPS) is 14.8. The van der Waals surface area contributed by atoms with E-state index in [1.807, 2.05) is 60.7 Å². The van der Waals surface area contributed by atoms with Crippen molar-refractivity contribution in [2.45, 2.75) is 12.6 Å². The molecule has 32 heavy (non-hydrogen) atoms. The maximum absolute atomic E-state index is 13.4. The molecular weight excluding hydrogens is 406 g/mol. The molecule has 6 nitrogen and oxygen atoms in total. The van der Waals surface area contributed by atoms with Gasteiger partial charge in [0.15, 0.2) is 11.5 Å². The Morgan fingerprint density at radius 3 is 2.19 bits per heavy atom. The number of carbonyl (C=O) groups excluding carboxylic acids is 2. The number of benzene rings is 3. The summed E-state index contributed by atoms with van der Waals surface area (Å²) in [7, 11) is 3.07. The summed E-state index contributed by atoms with van der Waals surface area (Å²) in [5, 5.41) is 0. The van der Waals surface area contributed by atoms with Gasteiger partial charge in [-0.1, -0.05) is 60.7 Å². The third-order valence-electron chi connectivity index (χ3n) is 5.34. The van der Waals surface area contributed by atoms with Gasteiger partial charge in [0, 0.05) is 17.2 Å². The van der Waals surface area contributed by atoms with Crippen LogP contribution in [-0.4, -0.2) is 26.6 Å². The van der Waals surface area contributed by atoms with Gasteiger partial charge in [0.1, 0.15) is 12.9 Å². The highest BCUT2D eigenvalue weighted by Gasteiger charge is 2.36. The lowest BCUT2D eigenvalue weighted by atomic mass is 9.91. The zero-order valence-corrected chi connectivity index (χ0v) is 17.9. The van der Waals surface area contributed by atoms with Crippen molar-refractivity contribution >= 4 is 24.1 Å². The Morgan fingerprint density at radius 2 is 1.56 bits per heavy atom. The Morgan fingerprint density at radius 1 is 0.938 bits per heavy atom. The summed E-state index contributed by atoms with van der Waals surface area (Å²) in [6.45, 7) is 0.112. The number of anilines is 1. The van der Waals surface area contributed by atoms with Crippen molar-refractivity contribution in [1.29, 1.82) is 0 Å². The van der Waals surface area contributed by atoms with E-state index in [4.69, 9.17) is 14.2 Å². The van der Waals surface area contributed by atoms with Crippen LogP contribution in [0.2, 0.25) is 0 Å². The van der Waals surface area contributed by atoms with Gasteiger partial charge in [0.25, 0.3) is 0 Å². The first-order chi connectivity index (χ1) is 15.7. The molecule has 3 aromatic carbocycles. The molecule has 0 saturated carbocycles. The first-order valence-corrected chi connectivity index (χ1v) is 10.1. The van der Waals surface area contributed by atoms with E-state index in [2.05, 4.69) is 0 Å². The molecule has 1 heterocycles. The Hall–Kier alpha value is -4.06. The molecule has 0 saturated heterocycles. The number of methoxy groups -OCH3 is 2. The molecular formula is C26H23NO5. The number of aldehydes is 1. The van der Waals surface area contributed by atoms with Crippen molar-refractivity contribution in [2.75, 3.05) is 19.1 Å². The summed E-state index contributed by atoms with van der Waals surface area (Å²) in [4.78, 5) is 27.0. The van der Waals surface area contributed by atoms with Gasteiger partial charge in [0.05, 0.1) is 25.9 Å². The number of carbonyl (C=O) groups is 2. The van der Waals surface area contributed by atoms with E-state index in [9.17, 15) is 9.59 Å². The number of rotatable bonds is 6. The standard InChI is InChI=1S/C26H23NO5/c1-30-23-14-20-13-21(16-28)25(19-11-7-4-8-12-19)27(22(20)15-24(23)31-2)26(29)32-17-18-9-5-3-6-10-18/h3-16,25H,17H2,1-2H3/t25-/m1/s1. The number of amides is 1. The monoisotopic (exact) mass is 429 g/mol. The predicted molar refractivity (Wildman–Crippen MR) is 122 cm³/mol. The Labute approximate surface area is 186 Å². The molecule has 0 fully saturated rings. The Kier molecular flexibility index (Phi) is 6.22. The van der Waals surface area contributed by atoms with Gasteiger partial charge < -0.3 is 14.2 Å². The van der Waals surface area contributed by atoms with Gasteiger partial charge in [-0.2, -0.15) is 0 Å². The first-order valence-electron chi connectivity index (χ1n) is 10.1. The number of ether oxygens (including phenoxy) is 3. The highest BCUT2D eigenvalue weighted by molar-refractivity contribution is 6.00. The highest BCUT2D eigenvalue weighted by Crippen LogP contribution is 2.45. The number of nitrogens with zero attached hydrogens (tertiary/aromatic N) is 1. The van der Waals surface area contributed by atoms with Crippen molar-refractivity contribution < 1.29 is 23.8 Å². The molecule has 1 atom stereocenters. The van der Waals surface area contributed by atoms with Gasteiger partial charge in [-0.15, -0.1) is 0 Å². The summed E-state index contributed by atoms with van der Waals surface area (Å²) in [6.07, 6.45) is 1.97. The third-order valence-corrected chi connectivity index (χ3v) is 5.34. The second kappa shape index (κ2) is 9.39. The average molecular weight is 429 g/mol. The highest BCUT2D eigenvalue weighted by atomic mass is 16.6. The van der Waals surface area contributed by atoms with Crippen LogP contribution in [0.15, 0.2) is 78.4 Å². The van der Waals surface area contributed by atoms with Crippen LogP contribution in [0.3, 0.4) is 0 Å². The van der Waals surface area contributed by atoms with E-state index in [1.54, 1.807) is 18.2 Å². The van der Waals surface area contributed by atoms with Crippen LogP contribution in [-0.2, 0) is 16.1 Å². The van der Waals surface area contributed by atoms with E-state index in [-0.39, 0.29) is 6.61 Å². The number of hydrogen-bond acceptors (Lipinski definition) is 5. The minimum absolute atomic E-state index is 0.112. The van der Waals surface area contributed by atoms with Crippen molar-refractivity contribution in [3.63, 3.8) is 0 Å². The SMILES string of the molecule is COc1cc2c(cc1OC)N(C(=O)OCc1ccccc1)[C@H](c1ccccc1)C(C=O)=C2. The zero-order valence-electron chi connectivity index (χ0n) is 17.9. The van der Waals surface area contributed by atoms with Crippen molar-refractivity contribution in [3.05, 3.63) is 95.1 Å². The van der Waals surface area contributed by atoms with Gasteiger partial charge in [-0.05, 0) is 23.3 Å². The molecule has 0 unspecified atom stereocenters. The quantitative estimate of drug-likeness (QED) is 0.505. The van der Waals surface area contributed by atoms with Gasteiger partial charge in [0.2, 0.25) is 0 Å². The summed E-state index contributed by atoms with van der Waals surface area (Å²) < 4.78 is 16.5. The molecule has 0 spiro atoms. The summed E-state index contributed by atoms with van der Waals surface area (Å²) in [6, 6.07) is 21.7. The van der Waals surface area contributed by atoms with E-state index in [0.29, 0.717) is 28.3 Å². The second-order valence-corrected chi connectivity index (χ2v) is 7.25. The second-order valence-electron chi connectivity index (χ2n) is 7.25. The predicted octanol–water partition coefficient (Wildman–Crippen LogP) is 5.18. The zero-order chi connectivity index (χ0) is 22.5. The third kappa shape index (κ3) is 4.07. The topological polar surface area (TPSA) is 65.1 Å². The molecule has 1 amide bonds. The minimum Gasteiger partial charge on any atom is -0.493 e. The van der Waals surface area contributed by atoms with Crippen LogP contribution in [0.25, 0.3) is 6.08 Å². The fraction of sp³-hybridized carbons (Fsp3) is 0.154. The van der Waals surface area contributed by atoms with E-state index >= 15 is 0 Å². The van der Waals surface area contributed by atoms with Crippen LogP contribution >= 0.6 is 0 Å². The van der Waals surface area contributed by atoms with Gasteiger partial charge >= 0.3 is 6.09 Å². The maximum atomic E-state index is 13.4. The molecule has 0 N–H and O–H groups in total. The van der Waals surface area contributed by atoms with Crippen LogP contribution in [0.4, 0.5) is 10.5 Å². The van der Waals surface area contributed by atoms with E-state index < -0.39 is 12.1 Å². The summed E-state index contributed by atoms with van der Waals surface area (Å²) >= 11 is 0. The number of hydrogen-bond donors (Lipinski definition) is 0. The van der Waals surface area contributed by atoms with E-state index in [1.165, 1.54) is 19.1 Å². The van der Waals surface area contributed by atoms with Crippen molar-refractivity contribution in [3.8, 4) is 11.5 Å². The molecule has 0 bridgehead atoms. The van der Waals surface area contributed by atoms with Gasteiger partial charge in [-0.3, -0.25) is 9.69 Å². The average Bonchev–Trinajstić information content (AvgIpc) is 2.86. The van der Waals surface area contributed by atoms with Crippen LogP contribution in [0.1, 0.15) is 22.7 Å². The minimum atomic E-state index is -0.637. The molecule has 162 valence electrons. The Bertz CT molecular complexity index is 1140. The fourth-order valence-corrected chi connectivity index (χ4v) is 3.82. The smallest absolute Gasteiger partial charge is 0.415 e. The Balaban J connectivity index is 1.81. The van der Waals surface area contributed by atoms with Crippen molar-refractivity contribution in [2.24, 2.45) is 0 Å². The van der Waals surface area contributed by atoms with Gasteiger partial charge in [-0.25, -0.2) is 4.79 Å². The largest absolute Gasteiger partial charge is 0.493 e. The molecule has 6 heteroatoms. The maximum Gasteiger partial charge on any atom is 0.415 e. The summed E-state index contributed by atoms with van der Waals surface area (Å²) in [5.41, 5.74) is 3.33. The lowest BCUT2D eigenvalue weighted by molar-refractivity contribution is -0.105. The van der Waals surface area contributed by atoms with Crippen molar-refractivity contribution in [1.82, 2.24) is 0 Å². The molecule has 3 aromatic rings. The number of fused-ring (bicyclic) bond motifs is 1. The first kappa shape index (κ1) is 21.2. The fourth-order valence-electron chi connectivity index (χ4n) is 3.82. The molecule has 1 aliphatic heterocycles. The molecule has 4 rings (SSSR count). The molecule has 0 aliphatic carbocycles. The lowest BCUT2D eigenvalue weighted by Crippen LogP contribution is -2.39. The van der Waals surface area contributed by atoms with Crippen LogP contribution < -0.4 is 14.4 Å². The van der Waals surface area contributed by atoms with Crippen LogP contribution in [0.5, 0.6) is 11.5 Å². The lowest BCUT2D eigenvalue weighted by Gasteiger charge is -2.36. The molecule has 1 aliphatic rings. The molecule has 0 aromatic heterocycles. The molecule has 0 radical (unpaired) electrons. The van der Waals surface area contributed by atoms with E-state index in [0.717, 1.165) is 17.4 Å². The summed E-state index contributed by atoms with van der Waals surface area (Å²) in [5.74, 6) is 0.977. The van der Waals surface area contributed by atoms with Crippen LogP contribution in [0, 0.1) is 0 Å².